The molecule has 0 aliphatic rings. The van der Waals surface area contributed by atoms with Crippen molar-refractivity contribution in [3.8, 4) is 0 Å². The molecule has 1 aromatic carbocycles. The third-order valence-corrected chi connectivity index (χ3v) is 4.52. The molecule has 2 aromatic rings. The van der Waals surface area contributed by atoms with Crippen molar-refractivity contribution >= 4 is 23.9 Å². The molecule has 0 saturated carbocycles. The summed E-state index contributed by atoms with van der Waals surface area (Å²) in [5, 5.41) is 7.81. The lowest BCUT2D eigenvalue weighted by Crippen LogP contribution is -2.33. The Balaban J connectivity index is 1.65. The van der Waals surface area contributed by atoms with Crippen LogP contribution in [0.25, 0.3) is 0 Å². The van der Waals surface area contributed by atoms with Crippen molar-refractivity contribution < 1.29 is 28.7 Å². The number of H-pyrrole nitrogens is 1. The molecule has 0 fully saturated rings. The maximum absolute atomic E-state index is 12.4. The molecule has 11 nitrogen and oxygen atoms in total. The highest BCUT2D eigenvalue weighted by molar-refractivity contribution is 6.05. The number of hydrogen-bond donors (Lipinski definition) is 4. The minimum absolute atomic E-state index is 0.0417. The van der Waals surface area contributed by atoms with Gasteiger partial charge in [-0.15, -0.1) is 0 Å². The number of benzene rings is 1. The number of hydrogen-bond acceptors (Lipinski definition) is 7. The van der Waals surface area contributed by atoms with Crippen LogP contribution in [-0.2, 0) is 20.9 Å². The SMILES string of the molecule is CC(C)(C)OC(=O)NCCCCCNC(=O)c1nc[nH]c1C(=O)NCC(=O)OCc1ccccc1. The van der Waals surface area contributed by atoms with E-state index in [-0.39, 0.29) is 24.5 Å². The Hall–Kier alpha value is -3.89. The summed E-state index contributed by atoms with van der Waals surface area (Å²) in [7, 11) is 0. The van der Waals surface area contributed by atoms with Gasteiger partial charge in [-0.3, -0.25) is 14.4 Å². The number of esters is 1. The molecular weight excluding hydrogens is 454 g/mol. The molecule has 190 valence electrons. The van der Waals surface area contributed by atoms with E-state index in [0.29, 0.717) is 19.5 Å². The van der Waals surface area contributed by atoms with Crippen LogP contribution in [0.1, 0.15) is 66.6 Å². The number of alkyl carbamates (subject to hydrolysis) is 1. The number of carbonyl (C=O) groups excluding carboxylic acids is 4. The molecule has 35 heavy (non-hydrogen) atoms. The second-order valence-electron chi connectivity index (χ2n) is 8.70. The highest BCUT2D eigenvalue weighted by Crippen LogP contribution is 2.07. The minimum atomic E-state index is -0.641. The second kappa shape index (κ2) is 13.7. The maximum Gasteiger partial charge on any atom is 0.407 e. The zero-order valence-corrected chi connectivity index (χ0v) is 20.3. The highest BCUT2D eigenvalue weighted by atomic mass is 16.6. The summed E-state index contributed by atoms with van der Waals surface area (Å²) in [5.41, 5.74) is 0.188. The van der Waals surface area contributed by atoms with Gasteiger partial charge in [0.2, 0.25) is 0 Å². The van der Waals surface area contributed by atoms with Crippen molar-refractivity contribution in [3.63, 3.8) is 0 Å². The number of amides is 3. The van der Waals surface area contributed by atoms with E-state index in [4.69, 9.17) is 9.47 Å². The molecule has 0 aliphatic heterocycles. The highest BCUT2D eigenvalue weighted by Gasteiger charge is 2.21. The van der Waals surface area contributed by atoms with Gasteiger partial charge in [-0.25, -0.2) is 9.78 Å². The third kappa shape index (κ3) is 10.7. The first-order valence-corrected chi connectivity index (χ1v) is 11.4. The van der Waals surface area contributed by atoms with Crippen molar-refractivity contribution in [1.29, 1.82) is 0 Å². The van der Waals surface area contributed by atoms with E-state index in [1.54, 1.807) is 20.8 Å². The van der Waals surface area contributed by atoms with Crippen molar-refractivity contribution in [2.75, 3.05) is 19.6 Å². The second-order valence-corrected chi connectivity index (χ2v) is 8.70. The fourth-order valence-electron chi connectivity index (χ4n) is 2.89. The normalized spacial score (nSPS) is 10.8. The van der Waals surface area contributed by atoms with Crippen LogP contribution >= 0.6 is 0 Å². The molecule has 0 radical (unpaired) electrons. The first kappa shape index (κ1) is 27.4. The van der Waals surface area contributed by atoms with E-state index < -0.39 is 29.5 Å². The van der Waals surface area contributed by atoms with E-state index in [2.05, 4.69) is 25.9 Å². The molecule has 0 aliphatic carbocycles. The lowest BCUT2D eigenvalue weighted by atomic mass is 10.2. The number of nitrogens with one attached hydrogen (secondary N) is 4. The van der Waals surface area contributed by atoms with Gasteiger partial charge in [-0.2, -0.15) is 0 Å². The van der Waals surface area contributed by atoms with E-state index in [9.17, 15) is 19.2 Å². The maximum atomic E-state index is 12.4. The van der Waals surface area contributed by atoms with Gasteiger partial charge in [-0.05, 0) is 45.6 Å². The molecule has 0 atom stereocenters. The zero-order valence-electron chi connectivity index (χ0n) is 20.3. The Bertz CT molecular complexity index is 984. The predicted octanol–water partition coefficient (Wildman–Crippen LogP) is 2.31. The average Bonchev–Trinajstić information content (AvgIpc) is 3.30. The largest absolute Gasteiger partial charge is 0.460 e. The number of rotatable bonds is 12. The van der Waals surface area contributed by atoms with E-state index in [1.807, 2.05) is 30.3 Å². The van der Waals surface area contributed by atoms with Gasteiger partial charge in [0.15, 0.2) is 5.69 Å². The number of aromatic nitrogens is 2. The van der Waals surface area contributed by atoms with Crippen LogP contribution in [-0.4, -0.2) is 59.1 Å². The Morgan fingerprint density at radius 2 is 1.60 bits per heavy atom. The molecule has 4 N–H and O–H groups in total. The standard InChI is InChI=1S/C24H33N5O6/c1-24(2,3)35-23(33)26-13-9-5-8-12-25-21(31)19-20(29-16-28-19)22(32)27-14-18(30)34-15-17-10-6-4-7-11-17/h4,6-7,10-11,16H,5,8-9,12-15H2,1-3H3,(H,25,31)(H,26,33)(H,27,32)(H,28,29). The van der Waals surface area contributed by atoms with Gasteiger partial charge in [0.1, 0.15) is 24.4 Å². The van der Waals surface area contributed by atoms with Crippen LogP contribution in [0.2, 0.25) is 0 Å². The van der Waals surface area contributed by atoms with Crippen LogP contribution < -0.4 is 16.0 Å². The predicted molar refractivity (Wildman–Crippen MR) is 128 cm³/mol. The van der Waals surface area contributed by atoms with Crippen molar-refractivity contribution in [3.05, 3.63) is 53.6 Å². The van der Waals surface area contributed by atoms with Crippen LogP contribution in [0.15, 0.2) is 36.7 Å². The summed E-state index contributed by atoms with van der Waals surface area (Å²) in [6.45, 7) is 6.00. The molecule has 1 heterocycles. The Morgan fingerprint density at radius 3 is 2.29 bits per heavy atom. The van der Waals surface area contributed by atoms with E-state index in [1.165, 1.54) is 6.33 Å². The van der Waals surface area contributed by atoms with Crippen molar-refractivity contribution in [1.82, 2.24) is 25.9 Å². The number of unbranched alkanes of at least 4 members (excludes halogenated alkanes) is 2. The Kier molecular flexibility index (Phi) is 10.7. The van der Waals surface area contributed by atoms with Gasteiger partial charge in [0.25, 0.3) is 11.8 Å². The molecule has 0 unspecified atom stereocenters. The van der Waals surface area contributed by atoms with E-state index in [0.717, 1.165) is 18.4 Å². The van der Waals surface area contributed by atoms with E-state index >= 15 is 0 Å². The number of ether oxygens (including phenoxy) is 2. The molecule has 0 saturated heterocycles. The molecule has 11 heteroatoms. The number of nitrogens with zero attached hydrogens (tertiary/aromatic N) is 1. The first-order valence-electron chi connectivity index (χ1n) is 11.4. The quantitative estimate of drug-likeness (QED) is 0.265. The Morgan fingerprint density at radius 1 is 0.914 bits per heavy atom. The first-order chi connectivity index (χ1) is 16.7. The molecular formula is C24H33N5O6. The topological polar surface area (TPSA) is 152 Å². The molecule has 1 aromatic heterocycles. The Labute approximate surface area is 204 Å². The fraction of sp³-hybridized carbons (Fsp3) is 0.458. The lowest BCUT2D eigenvalue weighted by molar-refractivity contribution is -0.143. The number of imidazole rings is 1. The van der Waals surface area contributed by atoms with Gasteiger partial charge in [0.05, 0.1) is 6.33 Å². The summed E-state index contributed by atoms with van der Waals surface area (Å²) < 4.78 is 10.3. The summed E-state index contributed by atoms with van der Waals surface area (Å²) in [4.78, 5) is 54.8. The van der Waals surface area contributed by atoms with Crippen LogP contribution in [0, 0.1) is 0 Å². The molecule has 3 amide bonds. The number of aromatic amines is 1. The van der Waals surface area contributed by atoms with Gasteiger partial charge < -0.3 is 30.4 Å². The van der Waals surface area contributed by atoms with Crippen LogP contribution in [0.5, 0.6) is 0 Å². The zero-order chi connectivity index (χ0) is 25.7. The van der Waals surface area contributed by atoms with Crippen LogP contribution in [0.3, 0.4) is 0 Å². The third-order valence-electron chi connectivity index (χ3n) is 4.52. The minimum Gasteiger partial charge on any atom is -0.460 e. The molecule has 2 rings (SSSR count). The van der Waals surface area contributed by atoms with Crippen molar-refractivity contribution in [2.45, 2.75) is 52.2 Å². The summed E-state index contributed by atoms with van der Waals surface area (Å²) in [6.07, 6.45) is 2.96. The number of carbonyl (C=O) groups is 4. The molecule has 0 bridgehead atoms. The monoisotopic (exact) mass is 487 g/mol. The smallest absolute Gasteiger partial charge is 0.407 e. The van der Waals surface area contributed by atoms with Gasteiger partial charge >= 0.3 is 12.1 Å². The summed E-state index contributed by atoms with van der Waals surface area (Å²) >= 11 is 0. The summed E-state index contributed by atoms with van der Waals surface area (Å²) in [6, 6.07) is 9.17. The molecule has 0 spiro atoms. The van der Waals surface area contributed by atoms with Crippen molar-refractivity contribution in [2.24, 2.45) is 0 Å². The van der Waals surface area contributed by atoms with Crippen LogP contribution in [0.4, 0.5) is 4.79 Å². The van der Waals surface area contributed by atoms with Gasteiger partial charge in [-0.1, -0.05) is 30.3 Å². The fourth-order valence-corrected chi connectivity index (χ4v) is 2.89. The average molecular weight is 488 g/mol. The summed E-state index contributed by atoms with van der Waals surface area (Å²) in [5.74, 6) is -1.75. The lowest BCUT2D eigenvalue weighted by Gasteiger charge is -2.19. The van der Waals surface area contributed by atoms with Gasteiger partial charge in [0, 0.05) is 13.1 Å².